The average Bonchev–Trinajstić information content (AvgIpc) is 2.78. The number of aryl methyl sites for hydroxylation is 1. The molecule has 2 aromatic carbocycles. The topological polar surface area (TPSA) is 79.0 Å². The van der Waals surface area contributed by atoms with Crippen LogP contribution in [0.25, 0.3) is 0 Å². The Labute approximate surface area is 197 Å². The molecule has 0 aliphatic carbocycles. The van der Waals surface area contributed by atoms with Crippen molar-refractivity contribution in [3.05, 3.63) is 64.7 Å². The summed E-state index contributed by atoms with van der Waals surface area (Å²) in [6.45, 7) is 12.1. The Bertz CT molecular complexity index is 1070. The van der Waals surface area contributed by atoms with Crippen LogP contribution in [0.3, 0.4) is 0 Å². The summed E-state index contributed by atoms with van der Waals surface area (Å²) in [6, 6.07) is 12.9. The van der Waals surface area contributed by atoms with Gasteiger partial charge in [0.15, 0.2) is 0 Å². The zero-order valence-electron chi connectivity index (χ0n) is 20.0. The normalized spacial score (nSPS) is 17.3. The monoisotopic (exact) mass is 473 g/mol. The van der Waals surface area contributed by atoms with Gasteiger partial charge in [0.2, 0.25) is 10.0 Å². The van der Waals surface area contributed by atoms with Crippen molar-refractivity contribution in [3.8, 4) is 0 Å². The van der Waals surface area contributed by atoms with E-state index in [1.54, 1.807) is 26.0 Å². The van der Waals surface area contributed by atoms with E-state index < -0.39 is 10.0 Å². The van der Waals surface area contributed by atoms with Gasteiger partial charge in [-0.1, -0.05) is 44.2 Å². The molecular formula is C25H35N3O4S. The maximum absolute atomic E-state index is 12.9. The van der Waals surface area contributed by atoms with Crippen LogP contribution < -0.4 is 5.32 Å². The lowest BCUT2D eigenvalue weighted by Gasteiger charge is -2.31. The Kier molecular flexibility index (Phi) is 8.64. The molecule has 1 saturated heterocycles. The van der Waals surface area contributed by atoms with Gasteiger partial charge in [0.1, 0.15) is 0 Å². The predicted octanol–water partition coefficient (Wildman–Crippen LogP) is 3.18. The van der Waals surface area contributed by atoms with E-state index >= 15 is 0 Å². The van der Waals surface area contributed by atoms with Crippen LogP contribution in [0.15, 0.2) is 47.4 Å². The number of hydrogen-bond acceptors (Lipinski definition) is 5. The van der Waals surface area contributed by atoms with Gasteiger partial charge in [0.05, 0.1) is 17.6 Å². The van der Waals surface area contributed by atoms with E-state index in [0.717, 1.165) is 37.4 Å². The zero-order valence-corrected chi connectivity index (χ0v) is 20.8. The summed E-state index contributed by atoms with van der Waals surface area (Å²) in [6.07, 6.45) is 0.241. The Morgan fingerprint density at radius 3 is 2.58 bits per heavy atom. The molecule has 2 aromatic rings. The van der Waals surface area contributed by atoms with Crippen molar-refractivity contribution < 1.29 is 17.9 Å². The van der Waals surface area contributed by atoms with E-state index in [1.807, 2.05) is 19.1 Å². The van der Waals surface area contributed by atoms with E-state index in [2.05, 4.69) is 29.3 Å². The highest BCUT2D eigenvalue weighted by molar-refractivity contribution is 7.89. The number of hydrogen-bond donors (Lipinski definition) is 1. The standard InChI is InChI=1S/C25H35N3O4S/c1-5-28(6-2)33(30,31)23-11-10-19(3)24(15-23)25(29)26-16-21-8-7-9-22(14-21)18-27-12-13-32-20(4)17-27/h7-11,14-15,20H,5-6,12-13,16-18H2,1-4H3,(H,26,29). The highest BCUT2D eigenvalue weighted by Gasteiger charge is 2.23. The van der Waals surface area contributed by atoms with Gasteiger partial charge in [0.25, 0.3) is 5.91 Å². The molecule has 1 unspecified atom stereocenters. The molecule has 180 valence electrons. The summed E-state index contributed by atoms with van der Waals surface area (Å²) in [5, 5.41) is 2.95. The van der Waals surface area contributed by atoms with Crippen LogP contribution in [-0.2, 0) is 27.8 Å². The SMILES string of the molecule is CCN(CC)S(=O)(=O)c1ccc(C)c(C(=O)NCc2cccc(CN3CCOC(C)C3)c2)c1. The number of carbonyl (C=O) groups is 1. The number of amides is 1. The summed E-state index contributed by atoms with van der Waals surface area (Å²) < 4.78 is 32.7. The maximum Gasteiger partial charge on any atom is 0.251 e. The van der Waals surface area contributed by atoms with E-state index in [0.29, 0.717) is 25.2 Å². The smallest absolute Gasteiger partial charge is 0.251 e. The number of benzene rings is 2. The molecule has 3 rings (SSSR count). The minimum atomic E-state index is -3.63. The van der Waals surface area contributed by atoms with Gasteiger partial charge in [-0.3, -0.25) is 9.69 Å². The number of carbonyl (C=O) groups excluding carboxylic acids is 1. The predicted molar refractivity (Wildman–Crippen MR) is 130 cm³/mol. The Hall–Kier alpha value is -2.26. The van der Waals surface area contributed by atoms with Crippen molar-refractivity contribution >= 4 is 15.9 Å². The van der Waals surface area contributed by atoms with Gasteiger partial charge in [-0.05, 0) is 42.7 Å². The number of nitrogens with one attached hydrogen (secondary N) is 1. The van der Waals surface area contributed by atoms with Gasteiger partial charge < -0.3 is 10.1 Å². The largest absolute Gasteiger partial charge is 0.376 e. The Balaban J connectivity index is 1.68. The van der Waals surface area contributed by atoms with Gasteiger partial charge >= 0.3 is 0 Å². The molecule has 0 bridgehead atoms. The maximum atomic E-state index is 12.9. The Morgan fingerprint density at radius 1 is 1.15 bits per heavy atom. The van der Waals surface area contributed by atoms with Gasteiger partial charge in [-0.25, -0.2) is 8.42 Å². The summed E-state index contributed by atoms with van der Waals surface area (Å²) in [5.41, 5.74) is 3.31. The average molecular weight is 474 g/mol. The van der Waals surface area contributed by atoms with Crippen LogP contribution in [-0.4, -0.2) is 62.4 Å². The molecule has 1 N–H and O–H groups in total. The number of morpholine rings is 1. The second-order valence-electron chi connectivity index (χ2n) is 8.49. The van der Waals surface area contributed by atoms with E-state index in [1.165, 1.54) is 15.9 Å². The van der Waals surface area contributed by atoms with Crippen LogP contribution >= 0.6 is 0 Å². The first-order valence-electron chi connectivity index (χ1n) is 11.5. The van der Waals surface area contributed by atoms with Crippen molar-refractivity contribution in [1.29, 1.82) is 0 Å². The second-order valence-corrected chi connectivity index (χ2v) is 10.4. The van der Waals surface area contributed by atoms with Crippen molar-refractivity contribution in [1.82, 2.24) is 14.5 Å². The number of nitrogens with zero attached hydrogens (tertiary/aromatic N) is 2. The lowest BCUT2D eigenvalue weighted by Crippen LogP contribution is -2.40. The quantitative estimate of drug-likeness (QED) is 0.605. The number of rotatable bonds is 9. The molecular weight excluding hydrogens is 438 g/mol. The molecule has 1 atom stereocenters. The summed E-state index contributed by atoms with van der Waals surface area (Å²) in [5.74, 6) is -0.281. The van der Waals surface area contributed by atoms with Gasteiger partial charge in [0, 0.05) is 44.8 Å². The molecule has 1 aliphatic heterocycles. The third kappa shape index (κ3) is 6.41. The third-order valence-electron chi connectivity index (χ3n) is 5.97. The highest BCUT2D eigenvalue weighted by Crippen LogP contribution is 2.20. The molecule has 0 radical (unpaired) electrons. The van der Waals surface area contributed by atoms with E-state index in [-0.39, 0.29) is 16.9 Å². The lowest BCUT2D eigenvalue weighted by molar-refractivity contribution is -0.0212. The highest BCUT2D eigenvalue weighted by atomic mass is 32.2. The van der Waals surface area contributed by atoms with Gasteiger partial charge in [-0.2, -0.15) is 4.31 Å². The fraction of sp³-hybridized carbons (Fsp3) is 0.480. The number of ether oxygens (including phenoxy) is 1. The summed E-state index contributed by atoms with van der Waals surface area (Å²) in [4.78, 5) is 15.4. The van der Waals surface area contributed by atoms with Crippen LogP contribution in [0.2, 0.25) is 0 Å². The molecule has 1 heterocycles. The molecule has 7 nitrogen and oxygen atoms in total. The molecule has 0 spiro atoms. The zero-order chi connectivity index (χ0) is 24.0. The fourth-order valence-corrected chi connectivity index (χ4v) is 5.61. The molecule has 33 heavy (non-hydrogen) atoms. The van der Waals surface area contributed by atoms with Crippen LogP contribution in [0.5, 0.6) is 0 Å². The minimum absolute atomic E-state index is 0.142. The minimum Gasteiger partial charge on any atom is -0.376 e. The number of sulfonamides is 1. The molecule has 0 saturated carbocycles. The first-order chi connectivity index (χ1) is 15.7. The first-order valence-corrected chi connectivity index (χ1v) is 13.0. The molecule has 1 fully saturated rings. The van der Waals surface area contributed by atoms with Crippen LogP contribution in [0.1, 0.15) is 47.8 Å². The Morgan fingerprint density at radius 2 is 1.88 bits per heavy atom. The summed E-state index contributed by atoms with van der Waals surface area (Å²) in [7, 11) is -3.63. The van der Waals surface area contributed by atoms with Crippen molar-refractivity contribution in [3.63, 3.8) is 0 Å². The van der Waals surface area contributed by atoms with Crippen molar-refractivity contribution in [2.75, 3.05) is 32.8 Å². The summed E-state index contributed by atoms with van der Waals surface area (Å²) >= 11 is 0. The van der Waals surface area contributed by atoms with E-state index in [9.17, 15) is 13.2 Å². The fourth-order valence-electron chi connectivity index (χ4n) is 4.13. The second kappa shape index (κ2) is 11.2. The van der Waals surface area contributed by atoms with Gasteiger partial charge in [-0.15, -0.1) is 0 Å². The van der Waals surface area contributed by atoms with Crippen LogP contribution in [0.4, 0.5) is 0 Å². The third-order valence-corrected chi connectivity index (χ3v) is 8.02. The van der Waals surface area contributed by atoms with E-state index in [4.69, 9.17) is 4.74 Å². The van der Waals surface area contributed by atoms with Crippen molar-refractivity contribution in [2.45, 2.75) is 51.8 Å². The first kappa shape index (κ1) is 25.4. The molecule has 8 heteroatoms. The molecule has 0 aromatic heterocycles. The molecule has 1 amide bonds. The van der Waals surface area contributed by atoms with Crippen LogP contribution in [0, 0.1) is 6.92 Å². The molecule has 1 aliphatic rings. The lowest BCUT2D eigenvalue weighted by atomic mass is 10.1. The van der Waals surface area contributed by atoms with Crippen molar-refractivity contribution in [2.24, 2.45) is 0 Å².